The molecular formula is C14H11N3O3S. The van der Waals surface area contributed by atoms with E-state index in [9.17, 15) is 10.1 Å². The third-order valence-electron chi connectivity index (χ3n) is 2.94. The smallest absolute Gasteiger partial charge is 0.296 e. The number of fused-ring (bicyclic) bond motifs is 1. The Hall–Kier alpha value is -2.67. The molecule has 0 bridgehead atoms. The lowest BCUT2D eigenvalue weighted by atomic mass is 10.3. The van der Waals surface area contributed by atoms with Gasteiger partial charge in [0, 0.05) is 11.8 Å². The van der Waals surface area contributed by atoms with Crippen LogP contribution in [0.5, 0.6) is 5.75 Å². The van der Waals surface area contributed by atoms with Gasteiger partial charge in [-0.2, -0.15) is 0 Å². The number of aromatic nitrogens is 1. The Morgan fingerprint density at radius 2 is 2.00 bits per heavy atom. The Bertz CT molecular complexity index is 799. The molecule has 0 saturated carbocycles. The van der Waals surface area contributed by atoms with Crippen molar-refractivity contribution in [2.24, 2.45) is 0 Å². The molecule has 0 atom stereocenters. The molecular weight excluding hydrogens is 290 g/mol. The van der Waals surface area contributed by atoms with Gasteiger partial charge in [-0.1, -0.05) is 17.4 Å². The normalized spacial score (nSPS) is 10.5. The molecule has 2 aromatic carbocycles. The first-order chi connectivity index (χ1) is 10.2. The Morgan fingerprint density at radius 3 is 2.67 bits per heavy atom. The molecule has 0 aliphatic heterocycles. The fourth-order valence-electron chi connectivity index (χ4n) is 1.93. The van der Waals surface area contributed by atoms with Crippen molar-refractivity contribution >= 4 is 38.1 Å². The Morgan fingerprint density at radius 1 is 1.24 bits per heavy atom. The van der Waals surface area contributed by atoms with E-state index in [1.54, 1.807) is 13.2 Å². The zero-order valence-corrected chi connectivity index (χ0v) is 11.9. The number of nitrogens with one attached hydrogen (secondary N) is 1. The molecule has 0 aliphatic rings. The van der Waals surface area contributed by atoms with Crippen molar-refractivity contribution in [3.8, 4) is 5.75 Å². The summed E-state index contributed by atoms with van der Waals surface area (Å²) in [5.41, 5.74) is 1.27. The van der Waals surface area contributed by atoms with Crippen LogP contribution in [0, 0.1) is 10.1 Å². The first kappa shape index (κ1) is 13.3. The number of nitrogens with zero attached hydrogens (tertiary/aromatic N) is 2. The molecule has 1 N–H and O–H groups in total. The highest BCUT2D eigenvalue weighted by Crippen LogP contribution is 2.33. The summed E-state index contributed by atoms with van der Waals surface area (Å²) in [6, 6.07) is 12.3. The van der Waals surface area contributed by atoms with Crippen LogP contribution in [0.25, 0.3) is 10.2 Å². The van der Waals surface area contributed by atoms with Crippen LogP contribution in [0.15, 0.2) is 42.5 Å². The molecule has 0 spiro atoms. The summed E-state index contributed by atoms with van der Waals surface area (Å²) in [5, 5.41) is 14.7. The summed E-state index contributed by atoms with van der Waals surface area (Å²) >= 11 is 1.38. The summed E-state index contributed by atoms with van der Waals surface area (Å²) < 4.78 is 5.87. The number of nitro benzene ring substituents is 1. The maximum Gasteiger partial charge on any atom is 0.296 e. The Balaban J connectivity index is 1.93. The van der Waals surface area contributed by atoms with Gasteiger partial charge in [0.1, 0.15) is 5.75 Å². The quantitative estimate of drug-likeness (QED) is 0.583. The van der Waals surface area contributed by atoms with E-state index in [0.29, 0.717) is 10.6 Å². The molecule has 0 fully saturated rings. The predicted molar refractivity (Wildman–Crippen MR) is 82.6 cm³/mol. The molecule has 6 nitrogen and oxygen atoms in total. The molecule has 3 rings (SSSR count). The van der Waals surface area contributed by atoms with Crippen molar-refractivity contribution in [2.75, 3.05) is 12.4 Å². The average Bonchev–Trinajstić information content (AvgIpc) is 2.89. The van der Waals surface area contributed by atoms with Crippen LogP contribution in [-0.4, -0.2) is 17.0 Å². The number of anilines is 2. The maximum absolute atomic E-state index is 11.0. The number of benzene rings is 2. The van der Waals surface area contributed by atoms with Crippen molar-refractivity contribution in [3.63, 3.8) is 0 Å². The SMILES string of the molecule is COc1ccc(Nc2nc3c([N+](=O)[O-])cccc3s2)cc1. The lowest BCUT2D eigenvalue weighted by Crippen LogP contribution is -1.91. The molecule has 0 amide bonds. The molecule has 0 radical (unpaired) electrons. The van der Waals surface area contributed by atoms with Crippen LogP contribution < -0.4 is 10.1 Å². The largest absolute Gasteiger partial charge is 0.497 e. The predicted octanol–water partition coefficient (Wildman–Crippen LogP) is 3.96. The number of methoxy groups -OCH3 is 1. The molecule has 7 heteroatoms. The number of nitro groups is 1. The van der Waals surface area contributed by atoms with Crippen LogP contribution in [0.2, 0.25) is 0 Å². The first-order valence-electron chi connectivity index (χ1n) is 6.12. The second kappa shape index (κ2) is 5.37. The van der Waals surface area contributed by atoms with Crippen LogP contribution in [-0.2, 0) is 0 Å². The van der Waals surface area contributed by atoms with Crippen molar-refractivity contribution in [2.45, 2.75) is 0 Å². The molecule has 3 aromatic rings. The minimum absolute atomic E-state index is 0.0199. The Kier molecular flexibility index (Phi) is 3.41. The van der Waals surface area contributed by atoms with Gasteiger partial charge in [0.05, 0.1) is 16.7 Å². The summed E-state index contributed by atoms with van der Waals surface area (Å²) in [6.07, 6.45) is 0. The van der Waals surface area contributed by atoms with Crippen LogP contribution in [0.4, 0.5) is 16.5 Å². The second-order valence-corrected chi connectivity index (χ2v) is 5.28. The summed E-state index contributed by atoms with van der Waals surface area (Å²) in [5.74, 6) is 0.764. The van der Waals surface area contributed by atoms with Crippen LogP contribution >= 0.6 is 11.3 Å². The fraction of sp³-hybridized carbons (Fsp3) is 0.0714. The highest BCUT2D eigenvalue weighted by atomic mass is 32.1. The molecule has 0 saturated heterocycles. The standard InChI is InChI=1S/C14H11N3O3S/c1-20-10-7-5-9(6-8-10)15-14-16-13-11(17(18)19)3-2-4-12(13)21-14/h2-8H,1H3,(H,15,16). The van der Waals surface area contributed by atoms with E-state index in [-0.39, 0.29) is 5.69 Å². The van der Waals surface area contributed by atoms with E-state index in [4.69, 9.17) is 4.74 Å². The van der Waals surface area contributed by atoms with E-state index < -0.39 is 4.92 Å². The van der Waals surface area contributed by atoms with E-state index in [1.807, 2.05) is 30.3 Å². The van der Waals surface area contributed by atoms with E-state index in [0.717, 1.165) is 16.1 Å². The molecule has 106 valence electrons. The summed E-state index contributed by atoms with van der Waals surface area (Å²) in [6.45, 7) is 0. The molecule has 1 aromatic heterocycles. The van der Waals surface area contributed by atoms with Gasteiger partial charge in [-0.15, -0.1) is 0 Å². The highest BCUT2D eigenvalue weighted by Gasteiger charge is 2.15. The molecule has 21 heavy (non-hydrogen) atoms. The number of hydrogen-bond donors (Lipinski definition) is 1. The van der Waals surface area contributed by atoms with Gasteiger partial charge < -0.3 is 10.1 Å². The average molecular weight is 301 g/mol. The van der Waals surface area contributed by atoms with Gasteiger partial charge in [0.15, 0.2) is 10.6 Å². The fourth-order valence-corrected chi connectivity index (χ4v) is 2.84. The van der Waals surface area contributed by atoms with Gasteiger partial charge in [0.2, 0.25) is 0 Å². The monoisotopic (exact) mass is 301 g/mol. The maximum atomic E-state index is 11.0. The van der Waals surface area contributed by atoms with Crippen molar-refractivity contribution in [1.82, 2.24) is 4.98 Å². The number of thiazole rings is 1. The zero-order chi connectivity index (χ0) is 14.8. The first-order valence-corrected chi connectivity index (χ1v) is 6.94. The topological polar surface area (TPSA) is 77.3 Å². The van der Waals surface area contributed by atoms with E-state index in [1.165, 1.54) is 17.4 Å². The van der Waals surface area contributed by atoms with Crippen molar-refractivity contribution in [1.29, 1.82) is 0 Å². The summed E-state index contributed by atoms with van der Waals surface area (Å²) in [7, 11) is 1.61. The van der Waals surface area contributed by atoms with E-state index >= 15 is 0 Å². The lowest BCUT2D eigenvalue weighted by molar-refractivity contribution is -0.383. The minimum Gasteiger partial charge on any atom is -0.497 e. The number of ether oxygens (including phenoxy) is 1. The van der Waals surface area contributed by atoms with Crippen LogP contribution in [0.1, 0.15) is 0 Å². The lowest BCUT2D eigenvalue weighted by Gasteiger charge is -2.03. The number of rotatable bonds is 4. The third-order valence-corrected chi connectivity index (χ3v) is 3.87. The van der Waals surface area contributed by atoms with Gasteiger partial charge in [0.25, 0.3) is 5.69 Å². The number of hydrogen-bond acceptors (Lipinski definition) is 6. The molecule has 1 heterocycles. The Labute approximate surface area is 124 Å². The minimum atomic E-state index is -0.417. The van der Waals surface area contributed by atoms with Gasteiger partial charge in [-0.3, -0.25) is 10.1 Å². The zero-order valence-electron chi connectivity index (χ0n) is 11.1. The van der Waals surface area contributed by atoms with Crippen LogP contribution in [0.3, 0.4) is 0 Å². The van der Waals surface area contributed by atoms with Crippen molar-refractivity contribution < 1.29 is 9.66 Å². The highest BCUT2D eigenvalue weighted by molar-refractivity contribution is 7.22. The summed E-state index contributed by atoms with van der Waals surface area (Å²) in [4.78, 5) is 14.9. The van der Waals surface area contributed by atoms with E-state index in [2.05, 4.69) is 10.3 Å². The number of non-ortho nitro benzene ring substituents is 1. The van der Waals surface area contributed by atoms with Gasteiger partial charge in [-0.25, -0.2) is 4.98 Å². The van der Waals surface area contributed by atoms with Gasteiger partial charge in [-0.05, 0) is 30.3 Å². The van der Waals surface area contributed by atoms with Crippen molar-refractivity contribution in [3.05, 3.63) is 52.6 Å². The number of para-hydroxylation sites is 1. The molecule has 0 unspecified atom stereocenters. The van der Waals surface area contributed by atoms with Gasteiger partial charge >= 0.3 is 0 Å². The third kappa shape index (κ3) is 2.63. The second-order valence-electron chi connectivity index (χ2n) is 4.25. The molecule has 0 aliphatic carbocycles.